The standard InChI is InChI=1S/C26H31N5O5/c32-23(33)15-27-26(35)30-11-8-19(9-12-30)28-25(34)17-6-7-22-21(14-17)29-24(18-10-13-36-16-18)31(22)20-4-2-1-3-5-20/h6-7,10,13-14,16,19-20H,1-5,8-9,11-12,15H2,(H,27,35)(H,28,34)(H,32,33). The first kappa shape index (κ1) is 23.9. The SMILES string of the molecule is O=C(O)CNC(=O)N1CCC(NC(=O)c2ccc3c(c2)nc(-c2ccoc2)n3C2CCCCC2)CC1. The number of carboxylic acid groups (broad SMARTS) is 1. The van der Waals surface area contributed by atoms with Crippen LogP contribution in [0.2, 0.25) is 0 Å². The second kappa shape index (κ2) is 10.4. The molecule has 36 heavy (non-hydrogen) atoms. The Morgan fingerprint density at radius 2 is 1.83 bits per heavy atom. The number of amides is 3. The van der Waals surface area contributed by atoms with Crippen LogP contribution in [0, 0.1) is 0 Å². The average molecular weight is 494 g/mol. The zero-order valence-corrected chi connectivity index (χ0v) is 20.1. The van der Waals surface area contributed by atoms with E-state index in [0.717, 1.165) is 35.3 Å². The molecule has 3 amide bonds. The highest BCUT2D eigenvalue weighted by molar-refractivity contribution is 5.98. The summed E-state index contributed by atoms with van der Waals surface area (Å²) in [5, 5.41) is 14.2. The van der Waals surface area contributed by atoms with E-state index in [2.05, 4.69) is 15.2 Å². The number of carbonyl (C=O) groups is 3. The van der Waals surface area contributed by atoms with Crippen molar-refractivity contribution in [2.45, 2.75) is 57.0 Å². The van der Waals surface area contributed by atoms with Crippen LogP contribution in [0.1, 0.15) is 61.3 Å². The number of fused-ring (bicyclic) bond motifs is 1. The number of furan rings is 1. The number of urea groups is 1. The van der Waals surface area contributed by atoms with Gasteiger partial charge in [0.2, 0.25) is 0 Å². The van der Waals surface area contributed by atoms with Gasteiger partial charge in [-0.2, -0.15) is 0 Å². The number of piperidine rings is 1. The summed E-state index contributed by atoms with van der Waals surface area (Å²) >= 11 is 0. The van der Waals surface area contributed by atoms with E-state index in [0.29, 0.717) is 37.5 Å². The van der Waals surface area contributed by atoms with Crippen LogP contribution >= 0.6 is 0 Å². The summed E-state index contributed by atoms with van der Waals surface area (Å²) in [4.78, 5) is 42.2. The molecule has 0 bridgehead atoms. The van der Waals surface area contributed by atoms with Crippen LogP contribution in [0.5, 0.6) is 0 Å². The summed E-state index contributed by atoms with van der Waals surface area (Å²) < 4.78 is 7.64. The summed E-state index contributed by atoms with van der Waals surface area (Å²) in [7, 11) is 0. The summed E-state index contributed by atoms with van der Waals surface area (Å²) in [5.74, 6) is -0.373. The van der Waals surface area contributed by atoms with E-state index in [1.54, 1.807) is 17.4 Å². The zero-order valence-electron chi connectivity index (χ0n) is 20.1. The van der Waals surface area contributed by atoms with E-state index >= 15 is 0 Å². The molecule has 0 atom stereocenters. The lowest BCUT2D eigenvalue weighted by atomic mass is 9.95. The molecule has 0 spiro atoms. The predicted molar refractivity (Wildman–Crippen MR) is 133 cm³/mol. The lowest BCUT2D eigenvalue weighted by Crippen LogP contribution is -2.50. The van der Waals surface area contributed by atoms with Crippen LogP contribution in [0.25, 0.3) is 22.4 Å². The van der Waals surface area contributed by atoms with Gasteiger partial charge in [-0.3, -0.25) is 9.59 Å². The molecule has 2 aromatic heterocycles. The molecule has 0 unspecified atom stereocenters. The van der Waals surface area contributed by atoms with Crippen molar-refractivity contribution in [1.82, 2.24) is 25.1 Å². The summed E-state index contributed by atoms with van der Waals surface area (Å²) in [6.45, 7) is 0.501. The third-order valence-corrected chi connectivity index (χ3v) is 7.18. The van der Waals surface area contributed by atoms with E-state index in [-0.39, 0.29) is 11.9 Å². The fourth-order valence-corrected chi connectivity index (χ4v) is 5.30. The Balaban J connectivity index is 1.29. The number of hydrogen-bond acceptors (Lipinski definition) is 5. The Kier molecular flexibility index (Phi) is 6.92. The van der Waals surface area contributed by atoms with Crippen LogP contribution in [-0.4, -0.2) is 63.1 Å². The van der Waals surface area contributed by atoms with E-state index in [1.807, 2.05) is 24.3 Å². The van der Waals surface area contributed by atoms with Crippen molar-refractivity contribution in [1.29, 1.82) is 0 Å². The van der Waals surface area contributed by atoms with Crippen molar-refractivity contribution in [3.05, 3.63) is 42.4 Å². The van der Waals surface area contributed by atoms with Gasteiger partial charge in [-0.15, -0.1) is 0 Å². The Bertz CT molecular complexity index is 1240. The number of likely N-dealkylation sites (tertiary alicyclic amines) is 1. The van der Waals surface area contributed by atoms with E-state index < -0.39 is 18.5 Å². The molecule has 2 aliphatic rings. The molecule has 5 rings (SSSR count). The maximum atomic E-state index is 13.1. The highest BCUT2D eigenvalue weighted by Gasteiger charge is 2.26. The van der Waals surface area contributed by atoms with Gasteiger partial charge in [0.25, 0.3) is 5.91 Å². The van der Waals surface area contributed by atoms with Crippen molar-refractivity contribution >= 4 is 28.9 Å². The molecule has 3 N–H and O–H groups in total. The van der Waals surface area contributed by atoms with Gasteiger partial charge < -0.3 is 29.6 Å². The molecule has 1 aliphatic heterocycles. The fourth-order valence-electron chi connectivity index (χ4n) is 5.30. The van der Waals surface area contributed by atoms with Gasteiger partial charge in [-0.1, -0.05) is 19.3 Å². The second-order valence-corrected chi connectivity index (χ2v) is 9.60. The number of aliphatic carboxylic acids is 1. The Morgan fingerprint density at radius 3 is 2.53 bits per heavy atom. The third kappa shape index (κ3) is 5.07. The Hall–Kier alpha value is -3.82. The first-order valence-electron chi connectivity index (χ1n) is 12.6. The third-order valence-electron chi connectivity index (χ3n) is 7.18. The summed E-state index contributed by atoms with van der Waals surface area (Å²) in [6.07, 6.45) is 10.5. The number of nitrogens with zero attached hydrogens (tertiary/aromatic N) is 3. The average Bonchev–Trinajstić information content (AvgIpc) is 3.56. The number of benzene rings is 1. The number of carbonyl (C=O) groups excluding carboxylic acids is 2. The molecular formula is C26H31N5O5. The minimum absolute atomic E-state index is 0.0574. The number of carboxylic acids is 1. The number of hydrogen-bond donors (Lipinski definition) is 3. The van der Waals surface area contributed by atoms with Gasteiger partial charge in [0, 0.05) is 30.7 Å². The number of aromatic nitrogens is 2. The highest BCUT2D eigenvalue weighted by atomic mass is 16.4. The van der Waals surface area contributed by atoms with Crippen molar-refractivity contribution in [3.63, 3.8) is 0 Å². The molecule has 1 aromatic carbocycles. The first-order chi connectivity index (χ1) is 17.5. The molecule has 1 aliphatic carbocycles. The first-order valence-corrected chi connectivity index (χ1v) is 12.6. The van der Waals surface area contributed by atoms with Crippen LogP contribution in [0.15, 0.2) is 41.2 Å². The molecule has 2 fully saturated rings. The van der Waals surface area contributed by atoms with Gasteiger partial charge in [0.1, 0.15) is 18.6 Å². The maximum Gasteiger partial charge on any atom is 0.323 e. The number of nitrogens with one attached hydrogen (secondary N) is 2. The van der Waals surface area contributed by atoms with Gasteiger partial charge in [-0.25, -0.2) is 9.78 Å². The van der Waals surface area contributed by atoms with Gasteiger partial charge in [0.05, 0.1) is 22.9 Å². The number of rotatable bonds is 6. The van der Waals surface area contributed by atoms with Crippen molar-refractivity contribution < 1.29 is 23.9 Å². The molecule has 1 saturated carbocycles. The monoisotopic (exact) mass is 493 g/mol. The molecular weight excluding hydrogens is 462 g/mol. The van der Waals surface area contributed by atoms with Crippen LogP contribution in [0.3, 0.4) is 0 Å². The number of imidazole rings is 1. The molecule has 0 radical (unpaired) electrons. The minimum Gasteiger partial charge on any atom is -0.480 e. The van der Waals surface area contributed by atoms with Crippen molar-refractivity contribution in [3.8, 4) is 11.4 Å². The Labute approximate surface area is 208 Å². The predicted octanol–water partition coefficient (Wildman–Crippen LogP) is 3.79. The topological polar surface area (TPSA) is 130 Å². The molecule has 3 heterocycles. The second-order valence-electron chi connectivity index (χ2n) is 9.60. The van der Waals surface area contributed by atoms with E-state index in [9.17, 15) is 14.4 Å². The summed E-state index contributed by atoms with van der Waals surface area (Å²) in [6, 6.07) is 7.54. The molecule has 190 valence electrons. The van der Waals surface area contributed by atoms with Crippen LogP contribution < -0.4 is 10.6 Å². The summed E-state index contributed by atoms with van der Waals surface area (Å²) in [5.41, 5.74) is 3.29. The van der Waals surface area contributed by atoms with Gasteiger partial charge >= 0.3 is 12.0 Å². The minimum atomic E-state index is -1.08. The molecule has 3 aromatic rings. The van der Waals surface area contributed by atoms with Gasteiger partial charge in [-0.05, 0) is 49.9 Å². The van der Waals surface area contributed by atoms with Gasteiger partial charge in [0.15, 0.2) is 0 Å². The largest absolute Gasteiger partial charge is 0.480 e. The van der Waals surface area contributed by atoms with Crippen molar-refractivity contribution in [2.24, 2.45) is 0 Å². The zero-order chi connectivity index (χ0) is 25.1. The highest BCUT2D eigenvalue weighted by Crippen LogP contribution is 2.36. The van der Waals surface area contributed by atoms with Crippen LogP contribution in [-0.2, 0) is 4.79 Å². The Morgan fingerprint density at radius 1 is 1.06 bits per heavy atom. The van der Waals surface area contributed by atoms with Crippen molar-refractivity contribution in [2.75, 3.05) is 19.6 Å². The van der Waals surface area contributed by atoms with E-state index in [4.69, 9.17) is 14.5 Å². The van der Waals surface area contributed by atoms with E-state index in [1.165, 1.54) is 19.3 Å². The normalized spacial score (nSPS) is 17.3. The molecule has 1 saturated heterocycles. The lowest BCUT2D eigenvalue weighted by molar-refractivity contribution is -0.135. The van der Waals surface area contributed by atoms with Crippen LogP contribution in [0.4, 0.5) is 4.79 Å². The fraction of sp³-hybridized carbons (Fsp3) is 0.462. The molecule has 10 nitrogen and oxygen atoms in total. The smallest absolute Gasteiger partial charge is 0.323 e. The maximum absolute atomic E-state index is 13.1. The lowest BCUT2D eigenvalue weighted by Gasteiger charge is -2.32. The molecule has 10 heteroatoms. The quantitative estimate of drug-likeness (QED) is 0.479.